The molecule has 5 unspecified atom stereocenters. The number of carbonyl (C=O) groups is 3. The number of carbonyl (C=O) groups excluding carboxylic acids is 3. The second kappa shape index (κ2) is 7.92. The smallest absolute Gasteiger partial charge is 0.234 e. The fraction of sp³-hybridized carbons (Fsp3) is 0.292. The predicted octanol–water partition coefficient (Wildman–Crippen LogP) is 4.98. The Hall–Kier alpha value is -2.44. The monoisotopic (exact) mass is 498 g/mol. The van der Waals surface area contributed by atoms with Gasteiger partial charge in [0.15, 0.2) is 0 Å². The van der Waals surface area contributed by atoms with E-state index in [2.05, 4.69) is 33.4 Å². The van der Waals surface area contributed by atoms with Crippen LogP contribution in [0.2, 0.25) is 5.02 Å². The highest BCUT2D eigenvalue weighted by molar-refractivity contribution is 9.10. The molecule has 5 atom stereocenters. The Labute approximate surface area is 193 Å². The van der Waals surface area contributed by atoms with Gasteiger partial charge >= 0.3 is 0 Å². The maximum atomic E-state index is 13.4. The lowest BCUT2D eigenvalue weighted by Crippen LogP contribution is -2.38. The quantitative estimate of drug-likeness (QED) is 0.466. The van der Waals surface area contributed by atoms with Crippen LogP contribution in [0.3, 0.4) is 0 Å². The Morgan fingerprint density at radius 3 is 2.32 bits per heavy atom. The van der Waals surface area contributed by atoms with Crippen LogP contribution in [0.5, 0.6) is 0 Å². The topological polar surface area (TPSA) is 66.5 Å². The minimum atomic E-state index is -0.695. The van der Waals surface area contributed by atoms with Gasteiger partial charge in [-0.05, 0) is 60.2 Å². The molecule has 5 nitrogen and oxygen atoms in total. The molecular weight excluding hydrogens is 480 g/mol. The number of allylic oxidation sites excluding steroid dienone is 2. The number of likely N-dealkylation sites (tertiary alicyclic amines) is 1. The van der Waals surface area contributed by atoms with Crippen LogP contribution in [0.25, 0.3) is 0 Å². The molecule has 2 aromatic carbocycles. The summed E-state index contributed by atoms with van der Waals surface area (Å²) in [5.41, 5.74) is 1.33. The summed E-state index contributed by atoms with van der Waals surface area (Å²) < 4.78 is 0.908. The van der Waals surface area contributed by atoms with Gasteiger partial charge in [0, 0.05) is 15.2 Å². The van der Waals surface area contributed by atoms with Gasteiger partial charge in [0.25, 0.3) is 0 Å². The molecule has 2 aromatic rings. The molecule has 1 aliphatic heterocycles. The molecule has 2 aliphatic carbocycles. The van der Waals surface area contributed by atoms with E-state index in [0.717, 1.165) is 10.9 Å². The maximum absolute atomic E-state index is 13.4. The molecule has 1 N–H and O–H groups in total. The molecule has 0 spiro atoms. The number of benzene rings is 2. The lowest BCUT2D eigenvalue weighted by atomic mass is 9.85. The van der Waals surface area contributed by atoms with Crippen LogP contribution < -0.4 is 5.32 Å². The van der Waals surface area contributed by atoms with E-state index in [1.54, 1.807) is 30.3 Å². The molecule has 2 bridgehead atoms. The highest BCUT2D eigenvalue weighted by Crippen LogP contribution is 2.54. The molecule has 3 amide bonds. The van der Waals surface area contributed by atoms with E-state index < -0.39 is 6.04 Å². The van der Waals surface area contributed by atoms with Crippen molar-refractivity contribution in [1.82, 2.24) is 4.90 Å². The fourth-order valence-electron chi connectivity index (χ4n) is 5.23. The molecule has 5 rings (SSSR count). The zero-order valence-electron chi connectivity index (χ0n) is 16.5. The van der Waals surface area contributed by atoms with E-state index in [1.165, 1.54) is 4.90 Å². The molecule has 7 heteroatoms. The molecular formula is C24H20BrClN2O3. The van der Waals surface area contributed by atoms with Gasteiger partial charge in [-0.1, -0.05) is 51.8 Å². The van der Waals surface area contributed by atoms with Crippen LogP contribution >= 0.6 is 27.5 Å². The van der Waals surface area contributed by atoms with E-state index in [1.807, 2.05) is 18.2 Å². The molecule has 158 valence electrons. The van der Waals surface area contributed by atoms with Gasteiger partial charge < -0.3 is 5.32 Å². The highest BCUT2D eigenvalue weighted by atomic mass is 79.9. The summed E-state index contributed by atoms with van der Waals surface area (Å²) in [4.78, 5) is 41.0. The van der Waals surface area contributed by atoms with Crippen molar-refractivity contribution in [3.63, 3.8) is 0 Å². The van der Waals surface area contributed by atoms with Crippen LogP contribution in [-0.2, 0) is 14.4 Å². The van der Waals surface area contributed by atoms with Gasteiger partial charge in [-0.2, -0.15) is 0 Å². The average Bonchev–Trinajstić information content (AvgIpc) is 3.42. The molecule has 31 heavy (non-hydrogen) atoms. The van der Waals surface area contributed by atoms with E-state index in [0.29, 0.717) is 16.3 Å². The number of anilines is 1. The van der Waals surface area contributed by atoms with E-state index in [9.17, 15) is 14.4 Å². The molecule has 1 saturated heterocycles. The van der Waals surface area contributed by atoms with Crippen molar-refractivity contribution in [1.29, 1.82) is 0 Å². The molecule has 0 aromatic heterocycles. The zero-order valence-corrected chi connectivity index (χ0v) is 18.8. The number of nitrogens with zero attached hydrogens (tertiary/aromatic N) is 1. The molecule has 2 fully saturated rings. The minimum absolute atomic E-state index is 0.0317. The predicted molar refractivity (Wildman–Crippen MR) is 121 cm³/mol. The molecule has 3 aliphatic rings. The van der Waals surface area contributed by atoms with Crippen molar-refractivity contribution in [2.45, 2.75) is 18.9 Å². The third-order valence-electron chi connectivity index (χ3n) is 6.56. The maximum Gasteiger partial charge on any atom is 0.234 e. The largest absolute Gasteiger partial charge is 0.326 e. The first-order valence-electron chi connectivity index (χ1n) is 10.3. The van der Waals surface area contributed by atoms with E-state index >= 15 is 0 Å². The number of rotatable bonds is 5. The number of hydrogen-bond acceptors (Lipinski definition) is 3. The summed E-state index contributed by atoms with van der Waals surface area (Å²) in [5, 5.41) is 3.36. The summed E-state index contributed by atoms with van der Waals surface area (Å²) in [7, 11) is 0. The second-order valence-corrected chi connectivity index (χ2v) is 9.73. The number of hydrogen-bond donors (Lipinski definition) is 1. The lowest BCUT2D eigenvalue weighted by molar-refractivity contribution is -0.144. The summed E-state index contributed by atoms with van der Waals surface area (Å²) >= 11 is 9.57. The standard InChI is InChI=1S/C24H20BrClN2O3/c25-16-6-8-18(9-7-16)27-20(29)12-19(13-2-1-3-17(26)11-13)28-23(30)21-14-4-5-15(10-14)22(21)24(28)31/h1-9,11,14-15,19,21-22H,10,12H2,(H,27,29). The third-order valence-corrected chi connectivity index (χ3v) is 7.32. The van der Waals surface area contributed by atoms with Crippen LogP contribution in [0.15, 0.2) is 65.2 Å². The Morgan fingerprint density at radius 2 is 1.71 bits per heavy atom. The van der Waals surface area contributed by atoms with Crippen LogP contribution in [0.1, 0.15) is 24.4 Å². The van der Waals surface area contributed by atoms with Crippen LogP contribution in [-0.4, -0.2) is 22.6 Å². The highest BCUT2D eigenvalue weighted by Gasteiger charge is 2.60. The lowest BCUT2D eigenvalue weighted by Gasteiger charge is -2.28. The number of amides is 3. The van der Waals surface area contributed by atoms with Crippen molar-refractivity contribution in [2.24, 2.45) is 23.7 Å². The molecule has 1 saturated carbocycles. The Morgan fingerprint density at radius 1 is 1.06 bits per heavy atom. The number of halogens is 2. The summed E-state index contributed by atoms with van der Waals surface area (Å²) in [6.07, 6.45) is 4.97. The van der Waals surface area contributed by atoms with Crippen molar-refractivity contribution < 1.29 is 14.4 Å². The first kappa shape index (κ1) is 20.5. The summed E-state index contributed by atoms with van der Waals surface area (Å²) in [5.74, 6) is -0.994. The van der Waals surface area contributed by atoms with Gasteiger partial charge in [-0.3, -0.25) is 19.3 Å². The van der Waals surface area contributed by atoms with Crippen molar-refractivity contribution >= 4 is 50.9 Å². The number of fused-ring (bicyclic) bond motifs is 5. The van der Waals surface area contributed by atoms with Gasteiger partial charge in [0.1, 0.15) is 0 Å². The van der Waals surface area contributed by atoms with Crippen molar-refractivity contribution in [3.8, 4) is 0 Å². The van der Waals surface area contributed by atoms with Crippen molar-refractivity contribution in [2.75, 3.05) is 5.32 Å². The summed E-state index contributed by atoms with van der Waals surface area (Å²) in [6, 6.07) is 13.6. The second-order valence-electron chi connectivity index (χ2n) is 8.38. The van der Waals surface area contributed by atoms with Gasteiger partial charge in [0.2, 0.25) is 17.7 Å². The number of nitrogens with one attached hydrogen (secondary N) is 1. The molecule has 0 radical (unpaired) electrons. The third kappa shape index (κ3) is 3.62. The zero-order chi connectivity index (χ0) is 21.7. The average molecular weight is 500 g/mol. The normalized spacial score (nSPS) is 27.0. The van der Waals surface area contributed by atoms with Crippen LogP contribution in [0.4, 0.5) is 5.69 Å². The fourth-order valence-corrected chi connectivity index (χ4v) is 5.69. The number of imide groups is 1. The van der Waals surface area contributed by atoms with E-state index in [4.69, 9.17) is 11.6 Å². The van der Waals surface area contributed by atoms with Crippen LogP contribution in [0, 0.1) is 23.7 Å². The first-order valence-corrected chi connectivity index (χ1v) is 11.5. The van der Waals surface area contributed by atoms with Gasteiger partial charge in [-0.25, -0.2) is 0 Å². The molecule has 1 heterocycles. The van der Waals surface area contributed by atoms with E-state index in [-0.39, 0.29) is 47.8 Å². The Kier molecular flexibility index (Phi) is 5.22. The van der Waals surface area contributed by atoms with Gasteiger partial charge in [-0.15, -0.1) is 0 Å². The Balaban J connectivity index is 1.44. The minimum Gasteiger partial charge on any atom is -0.326 e. The van der Waals surface area contributed by atoms with Gasteiger partial charge in [0.05, 0.1) is 24.3 Å². The first-order chi connectivity index (χ1) is 14.9. The summed E-state index contributed by atoms with van der Waals surface area (Å²) in [6.45, 7) is 0. The SMILES string of the molecule is O=C(CC(c1cccc(Cl)c1)N1C(=O)C2C3C=CC(C3)C2C1=O)Nc1ccc(Br)cc1. The Bertz CT molecular complexity index is 1070. The van der Waals surface area contributed by atoms with Crippen molar-refractivity contribution in [3.05, 3.63) is 75.7 Å².